The molecule has 26 heavy (non-hydrogen) atoms. The second-order valence-corrected chi connectivity index (χ2v) is 7.20. The van der Waals surface area contributed by atoms with Gasteiger partial charge in [-0.15, -0.1) is 0 Å². The molecule has 2 aliphatic rings. The van der Waals surface area contributed by atoms with Crippen LogP contribution in [-0.4, -0.2) is 63.1 Å². The molecule has 0 spiro atoms. The summed E-state index contributed by atoms with van der Waals surface area (Å²) in [6.45, 7) is 5.55. The van der Waals surface area contributed by atoms with Crippen LogP contribution >= 0.6 is 0 Å². The van der Waals surface area contributed by atoms with Crippen molar-refractivity contribution in [2.45, 2.75) is 25.2 Å². The zero-order chi connectivity index (χ0) is 17.3. The van der Waals surface area contributed by atoms with Crippen LogP contribution in [0.25, 0.3) is 11.0 Å². The molecule has 2 aliphatic heterocycles. The molecular formula is C20H23N5O. The number of morpholine rings is 1. The maximum absolute atomic E-state index is 6.07. The number of aromatic amines is 1. The Bertz CT molecular complexity index is 847. The zero-order valence-corrected chi connectivity index (χ0v) is 14.7. The van der Waals surface area contributed by atoms with Crippen LogP contribution < -0.4 is 0 Å². The number of H-pyrrole nitrogens is 1. The molecule has 0 saturated carbocycles. The lowest BCUT2D eigenvalue weighted by atomic mass is 10.1. The molecule has 2 aromatic heterocycles. The van der Waals surface area contributed by atoms with E-state index in [1.165, 1.54) is 5.56 Å². The molecule has 1 N–H and O–H groups in total. The topological polar surface area (TPSA) is 57.3 Å². The molecule has 4 heterocycles. The van der Waals surface area contributed by atoms with Gasteiger partial charge in [-0.1, -0.05) is 18.2 Å². The summed E-state index contributed by atoms with van der Waals surface area (Å²) in [5.74, 6) is 1.03. The first-order chi connectivity index (χ1) is 12.8. The molecule has 0 unspecified atom stereocenters. The smallest absolute Gasteiger partial charge is 0.121 e. The largest absolute Gasteiger partial charge is 0.374 e. The minimum absolute atomic E-state index is 0.282. The van der Waals surface area contributed by atoms with E-state index < -0.39 is 0 Å². The van der Waals surface area contributed by atoms with Crippen LogP contribution in [0.2, 0.25) is 0 Å². The second kappa shape index (κ2) is 6.79. The van der Waals surface area contributed by atoms with E-state index in [0.29, 0.717) is 6.04 Å². The SMILES string of the molecule is c1cncc(CN2CCO[C@H]3CN(Cc4nc5ccccc5[nH]4)C[C@@H]32)c1. The summed E-state index contributed by atoms with van der Waals surface area (Å²) in [5, 5.41) is 0. The fraction of sp³-hybridized carbons (Fsp3) is 0.400. The molecule has 6 nitrogen and oxygen atoms in total. The quantitative estimate of drug-likeness (QED) is 0.781. The number of fused-ring (bicyclic) bond motifs is 2. The Morgan fingerprint density at radius 1 is 1.12 bits per heavy atom. The van der Waals surface area contributed by atoms with Crippen molar-refractivity contribution in [2.24, 2.45) is 0 Å². The van der Waals surface area contributed by atoms with Crippen LogP contribution in [0.1, 0.15) is 11.4 Å². The average Bonchev–Trinajstić information content (AvgIpc) is 3.26. The Kier molecular flexibility index (Phi) is 4.16. The third-order valence-corrected chi connectivity index (χ3v) is 5.41. The van der Waals surface area contributed by atoms with Crippen molar-refractivity contribution in [2.75, 3.05) is 26.2 Å². The average molecular weight is 349 g/mol. The number of rotatable bonds is 4. The normalized spacial score (nSPS) is 24.2. The van der Waals surface area contributed by atoms with Gasteiger partial charge in [0.15, 0.2) is 0 Å². The van der Waals surface area contributed by atoms with E-state index >= 15 is 0 Å². The highest BCUT2D eigenvalue weighted by Crippen LogP contribution is 2.25. The Morgan fingerprint density at radius 3 is 2.96 bits per heavy atom. The van der Waals surface area contributed by atoms with Crippen molar-refractivity contribution in [3.05, 3.63) is 60.2 Å². The fourth-order valence-electron chi connectivity index (χ4n) is 4.18. The molecule has 6 heteroatoms. The van der Waals surface area contributed by atoms with Gasteiger partial charge in [-0.25, -0.2) is 4.98 Å². The molecule has 0 bridgehead atoms. The number of likely N-dealkylation sites (tertiary alicyclic amines) is 1. The lowest BCUT2D eigenvalue weighted by Crippen LogP contribution is -2.50. The van der Waals surface area contributed by atoms with Gasteiger partial charge in [-0.3, -0.25) is 14.8 Å². The molecular weight excluding hydrogens is 326 g/mol. The van der Waals surface area contributed by atoms with Crippen molar-refractivity contribution >= 4 is 11.0 Å². The van der Waals surface area contributed by atoms with Crippen LogP contribution in [0.3, 0.4) is 0 Å². The van der Waals surface area contributed by atoms with Crippen LogP contribution in [0.5, 0.6) is 0 Å². The van der Waals surface area contributed by atoms with E-state index in [1.54, 1.807) is 0 Å². The van der Waals surface area contributed by atoms with Gasteiger partial charge < -0.3 is 9.72 Å². The van der Waals surface area contributed by atoms with Crippen LogP contribution in [0.4, 0.5) is 0 Å². The summed E-state index contributed by atoms with van der Waals surface area (Å²) in [6, 6.07) is 12.8. The summed E-state index contributed by atoms with van der Waals surface area (Å²) in [6.07, 6.45) is 4.08. The summed E-state index contributed by atoms with van der Waals surface area (Å²) in [4.78, 5) is 17.4. The lowest BCUT2D eigenvalue weighted by Gasteiger charge is -2.36. The van der Waals surface area contributed by atoms with Gasteiger partial charge in [0.25, 0.3) is 0 Å². The van der Waals surface area contributed by atoms with Gasteiger partial charge in [-0.05, 0) is 23.8 Å². The predicted octanol–water partition coefficient (Wildman–Crippen LogP) is 2.04. The monoisotopic (exact) mass is 349 g/mol. The van der Waals surface area contributed by atoms with Crippen molar-refractivity contribution in [1.29, 1.82) is 0 Å². The first-order valence-electron chi connectivity index (χ1n) is 9.26. The molecule has 3 aromatic rings. The Hall–Kier alpha value is -2.28. The standard InChI is InChI=1S/C20H23N5O/c1-2-6-17-16(5-1)22-20(23-17)14-24-12-18-19(13-24)26-9-8-25(18)11-15-4-3-7-21-10-15/h1-7,10,18-19H,8-9,11-14H2,(H,22,23)/t18-,19-/m0/s1. The van der Waals surface area contributed by atoms with Gasteiger partial charge in [0.1, 0.15) is 5.82 Å². The number of para-hydroxylation sites is 2. The summed E-state index contributed by atoms with van der Waals surface area (Å²) >= 11 is 0. The highest BCUT2D eigenvalue weighted by molar-refractivity contribution is 5.74. The number of ether oxygens (including phenoxy) is 1. The van der Waals surface area contributed by atoms with Crippen LogP contribution in [0, 0.1) is 0 Å². The summed E-state index contributed by atoms with van der Waals surface area (Å²) in [7, 11) is 0. The van der Waals surface area contributed by atoms with Crippen molar-refractivity contribution in [3.63, 3.8) is 0 Å². The first kappa shape index (κ1) is 15.9. The van der Waals surface area contributed by atoms with Crippen molar-refractivity contribution in [3.8, 4) is 0 Å². The van der Waals surface area contributed by atoms with E-state index in [0.717, 1.165) is 56.2 Å². The molecule has 0 radical (unpaired) electrons. The minimum Gasteiger partial charge on any atom is -0.374 e. The molecule has 2 saturated heterocycles. The first-order valence-corrected chi connectivity index (χ1v) is 9.26. The number of hydrogen-bond donors (Lipinski definition) is 1. The summed E-state index contributed by atoms with van der Waals surface area (Å²) in [5.41, 5.74) is 3.41. The Morgan fingerprint density at radius 2 is 2.08 bits per heavy atom. The maximum Gasteiger partial charge on any atom is 0.121 e. The highest BCUT2D eigenvalue weighted by Gasteiger charge is 2.40. The number of pyridine rings is 1. The number of benzene rings is 1. The molecule has 1 aromatic carbocycles. The molecule has 5 rings (SSSR count). The van der Waals surface area contributed by atoms with E-state index in [-0.39, 0.29) is 6.10 Å². The van der Waals surface area contributed by atoms with Gasteiger partial charge >= 0.3 is 0 Å². The predicted molar refractivity (Wildman–Crippen MR) is 99.5 cm³/mol. The lowest BCUT2D eigenvalue weighted by molar-refractivity contribution is -0.0504. The van der Waals surface area contributed by atoms with Crippen LogP contribution in [0.15, 0.2) is 48.8 Å². The van der Waals surface area contributed by atoms with E-state index in [2.05, 4.69) is 38.0 Å². The molecule has 0 aliphatic carbocycles. The second-order valence-electron chi connectivity index (χ2n) is 7.20. The van der Waals surface area contributed by atoms with Crippen molar-refractivity contribution in [1.82, 2.24) is 24.8 Å². The van der Waals surface area contributed by atoms with Crippen LogP contribution in [-0.2, 0) is 17.8 Å². The van der Waals surface area contributed by atoms with E-state index in [4.69, 9.17) is 9.72 Å². The number of imidazole rings is 1. The number of nitrogens with one attached hydrogen (secondary N) is 1. The Balaban J connectivity index is 1.28. The molecule has 2 atom stereocenters. The number of nitrogens with zero attached hydrogens (tertiary/aromatic N) is 4. The molecule has 0 amide bonds. The van der Waals surface area contributed by atoms with Gasteiger partial charge in [0, 0.05) is 38.6 Å². The molecule has 134 valence electrons. The molecule has 2 fully saturated rings. The van der Waals surface area contributed by atoms with Gasteiger partial charge in [0.05, 0.1) is 36.3 Å². The third kappa shape index (κ3) is 3.11. The van der Waals surface area contributed by atoms with E-state index in [9.17, 15) is 0 Å². The number of aromatic nitrogens is 3. The minimum atomic E-state index is 0.282. The zero-order valence-electron chi connectivity index (χ0n) is 14.7. The number of hydrogen-bond acceptors (Lipinski definition) is 5. The third-order valence-electron chi connectivity index (χ3n) is 5.41. The highest BCUT2D eigenvalue weighted by atomic mass is 16.5. The summed E-state index contributed by atoms with van der Waals surface area (Å²) < 4.78 is 6.07. The maximum atomic E-state index is 6.07. The van der Waals surface area contributed by atoms with Gasteiger partial charge in [0.2, 0.25) is 0 Å². The van der Waals surface area contributed by atoms with Crippen molar-refractivity contribution < 1.29 is 4.74 Å². The van der Waals surface area contributed by atoms with E-state index in [1.807, 2.05) is 30.6 Å². The van der Waals surface area contributed by atoms with Gasteiger partial charge in [-0.2, -0.15) is 0 Å². The Labute approximate surface area is 152 Å². The fourth-order valence-corrected chi connectivity index (χ4v) is 4.18.